The van der Waals surface area contributed by atoms with Crippen molar-refractivity contribution in [2.45, 2.75) is 31.6 Å². The van der Waals surface area contributed by atoms with Gasteiger partial charge in [0.2, 0.25) is 0 Å². The molecule has 2 aliphatic carbocycles. The fourth-order valence-electron chi connectivity index (χ4n) is 2.85. The highest BCUT2D eigenvalue weighted by Crippen LogP contribution is 2.58. The van der Waals surface area contributed by atoms with Gasteiger partial charge in [-0.1, -0.05) is 11.6 Å². The first-order chi connectivity index (χ1) is 7.15. The highest BCUT2D eigenvalue weighted by atomic mass is 35.5. The monoisotopic (exact) mass is 260 g/mol. The van der Waals surface area contributed by atoms with Crippen molar-refractivity contribution in [1.29, 1.82) is 0 Å². The van der Waals surface area contributed by atoms with Crippen LogP contribution in [0.4, 0.5) is 0 Å². The Balaban J connectivity index is 1.76. The second kappa shape index (κ2) is 3.65. The van der Waals surface area contributed by atoms with E-state index >= 15 is 0 Å². The number of hydrogen-bond donors (Lipinski definition) is 0. The Morgan fingerprint density at radius 2 is 2.00 bits per heavy atom. The first-order valence-corrected chi connectivity index (χ1v) is 7.18. The van der Waals surface area contributed by atoms with Gasteiger partial charge in [-0.15, -0.1) is 22.9 Å². The van der Waals surface area contributed by atoms with Gasteiger partial charge in [-0.25, -0.2) is 0 Å². The summed E-state index contributed by atoms with van der Waals surface area (Å²) in [5.74, 6) is 2.71. The van der Waals surface area contributed by atoms with Gasteiger partial charge in [0.1, 0.15) is 0 Å². The molecule has 2 saturated carbocycles. The van der Waals surface area contributed by atoms with Crippen LogP contribution >= 0.6 is 34.5 Å². The lowest BCUT2D eigenvalue weighted by atomic mass is 9.98. The lowest BCUT2D eigenvalue weighted by Gasteiger charge is -2.16. The molecule has 2 fully saturated rings. The number of halogens is 2. The molecule has 82 valence electrons. The van der Waals surface area contributed by atoms with Crippen LogP contribution in [0.2, 0.25) is 4.34 Å². The number of aryl methyl sites for hydroxylation is 1. The second-order valence-corrected chi connectivity index (χ2v) is 7.15. The number of rotatable bonds is 2. The van der Waals surface area contributed by atoms with Crippen LogP contribution in [0.1, 0.15) is 35.1 Å². The van der Waals surface area contributed by atoms with Crippen molar-refractivity contribution in [3.05, 3.63) is 20.8 Å². The molecular weight excluding hydrogens is 247 g/mol. The molecule has 0 amide bonds. The van der Waals surface area contributed by atoms with Gasteiger partial charge in [-0.3, -0.25) is 0 Å². The first-order valence-electron chi connectivity index (χ1n) is 5.55. The molecule has 0 N–H and O–H groups in total. The average Bonchev–Trinajstić information content (AvgIpc) is 2.66. The average molecular weight is 261 g/mol. The van der Waals surface area contributed by atoms with Crippen LogP contribution in [-0.4, -0.2) is 0 Å². The maximum Gasteiger partial charge on any atom is 0.0960 e. The molecule has 3 atom stereocenters. The van der Waals surface area contributed by atoms with Crippen molar-refractivity contribution >= 4 is 34.5 Å². The quantitative estimate of drug-likeness (QED) is 0.654. The van der Waals surface area contributed by atoms with E-state index in [9.17, 15) is 0 Å². The van der Waals surface area contributed by atoms with Crippen LogP contribution in [0.5, 0.6) is 0 Å². The summed E-state index contributed by atoms with van der Waals surface area (Å²) in [5, 5.41) is 0.203. The second-order valence-electron chi connectivity index (χ2n) is 4.99. The van der Waals surface area contributed by atoms with E-state index in [4.69, 9.17) is 23.2 Å². The molecule has 2 aliphatic rings. The van der Waals surface area contributed by atoms with Crippen molar-refractivity contribution in [2.75, 3.05) is 0 Å². The van der Waals surface area contributed by atoms with Gasteiger partial charge in [-0.2, -0.15) is 0 Å². The van der Waals surface area contributed by atoms with Crippen molar-refractivity contribution in [3.8, 4) is 0 Å². The Labute approximate surface area is 105 Å². The van der Waals surface area contributed by atoms with Gasteiger partial charge in [0.25, 0.3) is 0 Å². The van der Waals surface area contributed by atoms with Crippen LogP contribution in [-0.2, 0) is 0 Å². The van der Waals surface area contributed by atoms with Gasteiger partial charge in [0.15, 0.2) is 0 Å². The van der Waals surface area contributed by atoms with Gasteiger partial charge < -0.3 is 0 Å². The van der Waals surface area contributed by atoms with E-state index in [1.54, 1.807) is 11.3 Å². The molecule has 0 radical (unpaired) electrons. The predicted octanol–water partition coefficient (Wildman–Crippen LogP) is 5.04. The zero-order chi connectivity index (χ0) is 10.6. The zero-order valence-corrected chi connectivity index (χ0v) is 11.0. The number of hydrogen-bond acceptors (Lipinski definition) is 1. The molecule has 0 spiro atoms. The Morgan fingerprint density at radius 1 is 1.33 bits per heavy atom. The van der Waals surface area contributed by atoms with Crippen molar-refractivity contribution in [3.63, 3.8) is 0 Å². The van der Waals surface area contributed by atoms with E-state index in [-0.39, 0.29) is 5.38 Å². The maximum absolute atomic E-state index is 6.54. The summed E-state index contributed by atoms with van der Waals surface area (Å²) in [4.78, 5) is 1.27. The smallest absolute Gasteiger partial charge is 0.0960 e. The molecule has 15 heavy (non-hydrogen) atoms. The standard InChI is InChI=1S/C12H14Cl2S/c1-6-2-10(15-12(6)14)11(13)9-4-7-3-8(7)5-9/h2,7-9,11H,3-5H2,1H3. The molecule has 0 saturated heterocycles. The minimum Gasteiger partial charge on any atom is -0.127 e. The third kappa shape index (κ3) is 1.83. The SMILES string of the molecule is Cc1cc(C(Cl)C2CC3CC3C2)sc1Cl. The first kappa shape index (κ1) is 10.4. The lowest BCUT2D eigenvalue weighted by Crippen LogP contribution is -2.04. The molecule has 0 bridgehead atoms. The van der Waals surface area contributed by atoms with Gasteiger partial charge in [-0.05, 0) is 55.6 Å². The topological polar surface area (TPSA) is 0 Å². The van der Waals surface area contributed by atoms with Crippen LogP contribution in [0.3, 0.4) is 0 Å². The van der Waals surface area contributed by atoms with E-state index in [0.717, 1.165) is 16.2 Å². The van der Waals surface area contributed by atoms with Crippen LogP contribution < -0.4 is 0 Å². The third-order valence-corrected chi connectivity index (χ3v) is 6.20. The molecule has 0 nitrogen and oxygen atoms in total. The van der Waals surface area contributed by atoms with Crippen molar-refractivity contribution in [2.24, 2.45) is 17.8 Å². The van der Waals surface area contributed by atoms with E-state index in [2.05, 4.69) is 13.0 Å². The molecule has 3 heteroatoms. The summed E-state index contributed by atoms with van der Waals surface area (Å²) in [6, 6.07) is 2.16. The Bertz CT molecular complexity index is 355. The molecule has 3 unspecified atom stereocenters. The molecular formula is C12H14Cl2S. The predicted molar refractivity (Wildman–Crippen MR) is 67.0 cm³/mol. The summed E-state index contributed by atoms with van der Waals surface area (Å²) < 4.78 is 0.902. The summed E-state index contributed by atoms with van der Waals surface area (Å²) >= 11 is 14.3. The number of fused-ring (bicyclic) bond motifs is 1. The minimum atomic E-state index is 0.203. The summed E-state index contributed by atoms with van der Waals surface area (Å²) in [5.41, 5.74) is 1.17. The Morgan fingerprint density at radius 3 is 2.53 bits per heavy atom. The van der Waals surface area contributed by atoms with Crippen molar-refractivity contribution in [1.82, 2.24) is 0 Å². The summed E-state index contributed by atoms with van der Waals surface area (Å²) in [7, 11) is 0. The molecule has 3 rings (SSSR count). The fourth-order valence-corrected chi connectivity index (χ4v) is 4.54. The highest BCUT2D eigenvalue weighted by Gasteiger charge is 2.48. The largest absolute Gasteiger partial charge is 0.127 e. The normalized spacial score (nSPS) is 35.3. The molecule has 1 aromatic heterocycles. The van der Waals surface area contributed by atoms with E-state index in [1.807, 2.05) is 0 Å². The summed E-state index contributed by atoms with van der Waals surface area (Å²) in [6.45, 7) is 2.05. The van der Waals surface area contributed by atoms with Crippen molar-refractivity contribution < 1.29 is 0 Å². The van der Waals surface area contributed by atoms with Gasteiger partial charge >= 0.3 is 0 Å². The Kier molecular flexibility index (Phi) is 2.54. The zero-order valence-electron chi connectivity index (χ0n) is 8.67. The maximum atomic E-state index is 6.54. The van der Waals surface area contributed by atoms with E-state index in [0.29, 0.717) is 5.92 Å². The van der Waals surface area contributed by atoms with E-state index < -0.39 is 0 Å². The molecule has 0 aliphatic heterocycles. The van der Waals surface area contributed by atoms with E-state index in [1.165, 1.54) is 29.7 Å². The fraction of sp³-hybridized carbons (Fsp3) is 0.667. The van der Waals surface area contributed by atoms with Gasteiger partial charge in [0, 0.05) is 4.88 Å². The lowest BCUT2D eigenvalue weighted by molar-refractivity contribution is 0.475. The number of thiophene rings is 1. The summed E-state index contributed by atoms with van der Waals surface area (Å²) in [6.07, 6.45) is 4.14. The highest BCUT2D eigenvalue weighted by molar-refractivity contribution is 7.16. The van der Waals surface area contributed by atoms with Gasteiger partial charge in [0.05, 0.1) is 9.71 Å². The number of alkyl halides is 1. The molecule has 0 aromatic carbocycles. The van der Waals surface area contributed by atoms with Crippen LogP contribution in [0, 0.1) is 24.7 Å². The minimum absolute atomic E-state index is 0.203. The van der Waals surface area contributed by atoms with Crippen LogP contribution in [0.25, 0.3) is 0 Å². The third-order valence-electron chi connectivity index (χ3n) is 3.84. The Hall–Kier alpha value is 0.280. The molecule has 1 aromatic rings. The molecule has 1 heterocycles. The van der Waals surface area contributed by atoms with Crippen LogP contribution in [0.15, 0.2) is 6.07 Å².